The SMILES string of the molecule is NCCc1ccc(COc2cc(F)c(Cl)cc2Br)cc1. The van der Waals surface area contributed by atoms with E-state index >= 15 is 0 Å². The molecule has 0 aromatic heterocycles. The highest BCUT2D eigenvalue weighted by molar-refractivity contribution is 9.10. The molecule has 2 rings (SSSR count). The van der Waals surface area contributed by atoms with Gasteiger partial charge in [-0.2, -0.15) is 0 Å². The number of rotatable bonds is 5. The smallest absolute Gasteiger partial charge is 0.145 e. The predicted molar refractivity (Wildman–Crippen MR) is 82.6 cm³/mol. The first-order chi connectivity index (χ1) is 9.60. The minimum atomic E-state index is -0.497. The van der Waals surface area contributed by atoms with Crippen LogP contribution in [0, 0.1) is 5.82 Å². The van der Waals surface area contributed by atoms with E-state index in [0.717, 1.165) is 12.0 Å². The van der Waals surface area contributed by atoms with Gasteiger partial charge in [0.1, 0.15) is 18.2 Å². The van der Waals surface area contributed by atoms with Crippen molar-refractivity contribution in [3.05, 3.63) is 62.8 Å². The highest BCUT2D eigenvalue weighted by Crippen LogP contribution is 2.31. The van der Waals surface area contributed by atoms with E-state index in [1.54, 1.807) is 0 Å². The van der Waals surface area contributed by atoms with Crippen LogP contribution in [0.15, 0.2) is 40.9 Å². The lowest BCUT2D eigenvalue weighted by molar-refractivity contribution is 0.302. The van der Waals surface area contributed by atoms with Crippen molar-refractivity contribution in [1.29, 1.82) is 0 Å². The molecule has 0 aliphatic carbocycles. The Bertz CT molecular complexity index is 589. The van der Waals surface area contributed by atoms with Gasteiger partial charge in [0.25, 0.3) is 0 Å². The van der Waals surface area contributed by atoms with E-state index < -0.39 is 5.82 Å². The Kier molecular flexibility index (Phi) is 5.40. The number of benzene rings is 2. The van der Waals surface area contributed by atoms with Crippen molar-refractivity contribution in [1.82, 2.24) is 0 Å². The molecule has 2 nitrogen and oxygen atoms in total. The molecule has 20 heavy (non-hydrogen) atoms. The molecular weight excluding hydrogens is 345 g/mol. The average molecular weight is 359 g/mol. The lowest BCUT2D eigenvalue weighted by atomic mass is 10.1. The molecule has 0 saturated heterocycles. The van der Waals surface area contributed by atoms with E-state index in [2.05, 4.69) is 15.9 Å². The number of ether oxygens (including phenoxy) is 1. The molecule has 5 heteroatoms. The first-order valence-electron chi connectivity index (χ1n) is 6.15. The third-order valence-electron chi connectivity index (χ3n) is 2.83. The summed E-state index contributed by atoms with van der Waals surface area (Å²) in [5.74, 6) is -0.0684. The first kappa shape index (κ1) is 15.3. The van der Waals surface area contributed by atoms with Gasteiger partial charge in [0.15, 0.2) is 0 Å². The molecule has 0 amide bonds. The summed E-state index contributed by atoms with van der Waals surface area (Å²) in [5, 5.41) is 0.0652. The largest absolute Gasteiger partial charge is 0.488 e. The van der Waals surface area contributed by atoms with Crippen LogP contribution < -0.4 is 10.5 Å². The fraction of sp³-hybridized carbons (Fsp3) is 0.200. The summed E-state index contributed by atoms with van der Waals surface area (Å²) in [7, 11) is 0. The van der Waals surface area contributed by atoms with Crippen LogP contribution in [0.2, 0.25) is 5.02 Å². The normalized spacial score (nSPS) is 10.6. The minimum Gasteiger partial charge on any atom is -0.488 e. The van der Waals surface area contributed by atoms with Crippen molar-refractivity contribution in [2.24, 2.45) is 5.73 Å². The molecule has 0 radical (unpaired) electrons. The maximum absolute atomic E-state index is 13.4. The molecule has 0 aliphatic heterocycles. The van der Waals surface area contributed by atoms with Gasteiger partial charge in [0.2, 0.25) is 0 Å². The maximum atomic E-state index is 13.4. The van der Waals surface area contributed by atoms with E-state index in [1.165, 1.54) is 17.7 Å². The van der Waals surface area contributed by atoms with Gasteiger partial charge in [-0.1, -0.05) is 35.9 Å². The molecule has 2 aromatic rings. The van der Waals surface area contributed by atoms with E-state index in [-0.39, 0.29) is 5.02 Å². The second-order valence-corrected chi connectivity index (χ2v) is 5.60. The van der Waals surface area contributed by atoms with Crippen LogP contribution in [0.1, 0.15) is 11.1 Å². The van der Waals surface area contributed by atoms with E-state index in [9.17, 15) is 4.39 Å². The molecule has 0 fully saturated rings. The van der Waals surface area contributed by atoms with Crippen molar-refractivity contribution in [2.45, 2.75) is 13.0 Å². The Labute approximate surface area is 130 Å². The quantitative estimate of drug-likeness (QED) is 0.808. The Morgan fingerprint density at radius 3 is 2.45 bits per heavy atom. The second kappa shape index (κ2) is 7.07. The molecule has 0 atom stereocenters. The van der Waals surface area contributed by atoms with Crippen LogP contribution in [-0.4, -0.2) is 6.54 Å². The van der Waals surface area contributed by atoms with Gasteiger partial charge >= 0.3 is 0 Å². The Morgan fingerprint density at radius 1 is 1.15 bits per heavy atom. The van der Waals surface area contributed by atoms with Crippen LogP contribution in [0.25, 0.3) is 0 Å². The Morgan fingerprint density at radius 2 is 1.80 bits per heavy atom. The lowest BCUT2D eigenvalue weighted by Gasteiger charge is -2.09. The van der Waals surface area contributed by atoms with Gasteiger partial charge in [-0.05, 0) is 46.1 Å². The fourth-order valence-corrected chi connectivity index (χ4v) is 2.50. The standard InChI is InChI=1S/C15H14BrClFNO/c16-12-7-13(17)14(18)8-15(12)20-9-11-3-1-10(2-4-11)5-6-19/h1-4,7-8H,5-6,9,19H2. The average Bonchev–Trinajstić information content (AvgIpc) is 2.43. The van der Waals surface area contributed by atoms with Crippen LogP contribution >= 0.6 is 27.5 Å². The second-order valence-electron chi connectivity index (χ2n) is 4.34. The molecule has 2 aromatic carbocycles. The number of halogens is 3. The van der Waals surface area contributed by atoms with E-state index in [1.807, 2.05) is 24.3 Å². The Balaban J connectivity index is 2.03. The minimum absolute atomic E-state index is 0.0652. The highest BCUT2D eigenvalue weighted by Gasteiger charge is 2.08. The van der Waals surface area contributed by atoms with Crippen molar-refractivity contribution in [3.63, 3.8) is 0 Å². The number of hydrogen-bond acceptors (Lipinski definition) is 2. The van der Waals surface area contributed by atoms with Crippen LogP contribution in [0.4, 0.5) is 4.39 Å². The summed E-state index contributed by atoms with van der Waals surface area (Å²) in [6.45, 7) is 0.995. The summed E-state index contributed by atoms with van der Waals surface area (Å²) in [6.07, 6.45) is 0.856. The van der Waals surface area contributed by atoms with E-state index in [4.69, 9.17) is 22.1 Å². The third-order valence-corrected chi connectivity index (χ3v) is 3.73. The van der Waals surface area contributed by atoms with Crippen LogP contribution in [0.5, 0.6) is 5.75 Å². The first-order valence-corrected chi connectivity index (χ1v) is 7.32. The number of hydrogen-bond donors (Lipinski definition) is 1. The molecule has 0 aliphatic rings. The van der Waals surface area contributed by atoms with Crippen molar-refractivity contribution in [2.75, 3.05) is 6.54 Å². The van der Waals surface area contributed by atoms with Gasteiger partial charge in [0, 0.05) is 6.07 Å². The monoisotopic (exact) mass is 357 g/mol. The molecule has 0 saturated carbocycles. The van der Waals surface area contributed by atoms with Gasteiger partial charge < -0.3 is 10.5 Å². The third kappa shape index (κ3) is 3.95. The van der Waals surface area contributed by atoms with Gasteiger partial charge in [0.05, 0.1) is 9.50 Å². The summed E-state index contributed by atoms with van der Waals surface area (Å²) >= 11 is 8.98. The summed E-state index contributed by atoms with van der Waals surface area (Å²) in [6, 6.07) is 10.7. The molecule has 0 unspecified atom stereocenters. The van der Waals surface area contributed by atoms with Crippen LogP contribution in [-0.2, 0) is 13.0 Å². The molecule has 0 spiro atoms. The zero-order valence-electron chi connectivity index (χ0n) is 10.7. The van der Waals surface area contributed by atoms with Crippen molar-refractivity contribution in [3.8, 4) is 5.75 Å². The highest BCUT2D eigenvalue weighted by atomic mass is 79.9. The molecule has 2 N–H and O–H groups in total. The Hall–Kier alpha value is -1.10. The lowest BCUT2D eigenvalue weighted by Crippen LogP contribution is -2.03. The van der Waals surface area contributed by atoms with E-state index in [0.29, 0.717) is 23.4 Å². The zero-order chi connectivity index (χ0) is 14.5. The molecule has 106 valence electrons. The molecular formula is C15H14BrClFNO. The maximum Gasteiger partial charge on any atom is 0.145 e. The molecule has 0 bridgehead atoms. The number of nitrogens with two attached hydrogens (primary N) is 1. The van der Waals surface area contributed by atoms with Crippen molar-refractivity contribution >= 4 is 27.5 Å². The fourth-order valence-electron chi connectivity index (χ4n) is 1.74. The summed E-state index contributed by atoms with van der Waals surface area (Å²) in [4.78, 5) is 0. The topological polar surface area (TPSA) is 35.2 Å². The summed E-state index contributed by atoms with van der Waals surface area (Å²) in [5.41, 5.74) is 7.70. The van der Waals surface area contributed by atoms with Gasteiger partial charge in [-0.25, -0.2) is 4.39 Å². The van der Waals surface area contributed by atoms with Gasteiger partial charge in [-0.3, -0.25) is 0 Å². The van der Waals surface area contributed by atoms with Crippen molar-refractivity contribution < 1.29 is 9.13 Å². The molecule has 0 heterocycles. The zero-order valence-corrected chi connectivity index (χ0v) is 13.0. The van der Waals surface area contributed by atoms with Crippen LogP contribution in [0.3, 0.4) is 0 Å². The predicted octanol–water partition coefficient (Wildman–Crippen LogP) is 4.32. The van der Waals surface area contributed by atoms with Gasteiger partial charge in [-0.15, -0.1) is 0 Å². The summed E-state index contributed by atoms with van der Waals surface area (Å²) < 4.78 is 19.6.